The highest BCUT2D eigenvalue weighted by Gasteiger charge is 2.35. The van der Waals surface area contributed by atoms with Gasteiger partial charge < -0.3 is 19.4 Å². The maximum absolute atomic E-state index is 12.5. The number of urea groups is 1. The van der Waals surface area contributed by atoms with Crippen LogP contribution in [-0.2, 0) is 11.3 Å². The van der Waals surface area contributed by atoms with Gasteiger partial charge in [-0.05, 0) is 25.3 Å². The number of carbonyl (C=O) groups is 2. The molecule has 1 aliphatic carbocycles. The largest absolute Gasteiger partial charge is 0.445 e. The van der Waals surface area contributed by atoms with Crippen molar-refractivity contribution in [3.8, 4) is 0 Å². The third-order valence-electron chi connectivity index (χ3n) is 4.59. The van der Waals surface area contributed by atoms with E-state index in [-0.39, 0.29) is 18.7 Å². The average Bonchev–Trinajstić information content (AvgIpc) is 3.46. The summed E-state index contributed by atoms with van der Waals surface area (Å²) in [5.74, 6) is 0. The molecular formula is C18H25N3O3. The minimum absolute atomic E-state index is 0.109. The van der Waals surface area contributed by atoms with Gasteiger partial charge in [-0.25, -0.2) is 9.59 Å². The molecule has 24 heavy (non-hydrogen) atoms. The first-order valence-electron chi connectivity index (χ1n) is 8.70. The van der Waals surface area contributed by atoms with Crippen molar-refractivity contribution in [2.45, 2.75) is 32.4 Å². The van der Waals surface area contributed by atoms with E-state index in [1.807, 2.05) is 47.1 Å². The summed E-state index contributed by atoms with van der Waals surface area (Å²) < 4.78 is 5.35. The zero-order valence-corrected chi connectivity index (χ0v) is 14.2. The number of ether oxygens (including phenoxy) is 1. The Balaban J connectivity index is 1.44. The highest BCUT2D eigenvalue weighted by atomic mass is 16.6. The number of rotatable bonds is 4. The molecule has 2 aliphatic rings. The molecule has 0 unspecified atom stereocenters. The molecule has 2 fully saturated rings. The Morgan fingerprint density at radius 1 is 1.08 bits per heavy atom. The lowest BCUT2D eigenvalue weighted by Crippen LogP contribution is -2.54. The summed E-state index contributed by atoms with van der Waals surface area (Å²) in [5, 5.41) is 0. The van der Waals surface area contributed by atoms with Crippen LogP contribution in [0, 0.1) is 0 Å². The quantitative estimate of drug-likeness (QED) is 0.852. The standard InChI is InChI=1S/C18H25N3O3/c1-2-21(16-8-9-16)17(22)19-10-12-20(13-11-19)18(23)24-14-15-6-4-3-5-7-15/h3-7,16H,2,8-14H2,1H3. The van der Waals surface area contributed by atoms with Gasteiger partial charge in [-0.2, -0.15) is 0 Å². The number of carbonyl (C=O) groups excluding carboxylic acids is 2. The third-order valence-corrected chi connectivity index (χ3v) is 4.59. The van der Waals surface area contributed by atoms with Gasteiger partial charge in [-0.15, -0.1) is 0 Å². The Labute approximate surface area is 143 Å². The van der Waals surface area contributed by atoms with Crippen molar-refractivity contribution in [1.82, 2.24) is 14.7 Å². The first kappa shape index (κ1) is 16.6. The number of nitrogens with zero attached hydrogens (tertiary/aromatic N) is 3. The van der Waals surface area contributed by atoms with Crippen molar-refractivity contribution in [3.05, 3.63) is 35.9 Å². The normalized spacial score (nSPS) is 17.5. The van der Waals surface area contributed by atoms with E-state index in [1.165, 1.54) is 0 Å². The van der Waals surface area contributed by atoms with Crippen LogP contribution in [0.25, 0.3) is 0 Å². The molecule has 1 aromatic carbocycles. The van der Waals surface area contributed by atoms with E-state index in [1.54, 1.807) is 4.90 Å². The van der Waals surface area contributed by atoms with Crippen LogP contribution in [0.2, 0.25) is 0 Å². The lowest BCUT2D eigenvalue weighted by molar-refractivity contribution is 0.0713. The van der Waals surface area contributed by atoms with Crippen LogP contribution in [-0.4, -0.2) is 65.6 Å². The molecule has 0 spiro atoms. The van der Waals surface area contributed by atoms with Gasteiger partial charge >= 0.3 is 12.1 Å². The van der Waals surface area contributed by atoms with Crippen molar-refractivity contribution < 1.29 is 14.3 Å². The smallest absolute Gasteiger partial charge is 0.410 e. The molecule has 0 atom stereocenters. The summed E-state index contributed by atoms with van der Waals surface area (Å²) in [7, 11) is 0. The number of benzene rings is 1. The fourth-order valence-corrected chi connectivity index (χ4v) is 3.01. The van der Waals surface area contributed by atoms with E-state index >= 15 is 0 Å². The second kappa shape index (κ2) is 7.55. The zero-order chi connectivity index (χ0) is 16.9. The zero-order valence-electron chi connectivity index (χ0n) is 14.2. The van der Waals surface area contributed by atoms with Crippen LogP contribution in [0.15, 0.2) is 30.3 Å². The third kappa shape index (κ3) is 3.99. The average molecular weight is 331 g/mol. The van der Waals surface area contributed by atoms with E-state index in [9.17, 15) is 9.59 Å². The van der Waals surface area contributed by atoms with Gasteiger partial charge in [0, 0.05) is 38.8 Å². The van der Waals surface area contributed by atoms with Gasteiger partial charge in [0.2, 0.25) is 0 Å². The Hall–Kier alpha value is -2.24. The summed E-state index contributed by atoms with van der Waals surface area (Å²) in [6.07, 6.45) is 1.93. The number of hydrogen-bond acceptors (Lipinski definition) is 3. The van der Waals surface area contributed by atoms with Crippen LogP contribution < -0.4 is 0 Å². The molecule has 3 rings (SSSR count). The number of amides is 3. The van der Waals surface area contributed by atoms with Crippen molar-refractivity contribution >= 4 is 12.1 Å². The molecule has 1 aliphatic heterocycles. The molecule has 130 valence electrons. The van der Waals surface area contributed by atoms with E-state index in [4.69, 9.17) is 4.74 Å². The van der Waals surface area contributed by atoms with Crippen molar-refractivity contribution in [1.29, 1.82) is 0 Å². The Bertz CT molecular complexity index is 566. The van der Waals surface area contributed by atoms with E-state index in [2.05, 4.69) is 0 Å². The lowest BCUT2D eigenvalue weighted by Gasteiger charge is -2.37. The predicted molar refractivity (Wildman–Crippen MR) is 90.6 cm³/mol. The van der Waals surface area contributed by atoms with Gasteiger partial charge in [0.25, 0.3) is 0 Å². The summed E-state index contributed by atoms with van der Waals surface area (Å²) >= 11 is 0. The molecule has 0 radical (unpaired) electrons. The number of hydrogen-bond donors (Lipinski definition) is 0. The Morgan fingerprint density at radius 2 is 1.71 bits per heavy atom. The maximum atomic E-state index is 12.5. The van der Waals surface area contributed by atoms with E-state index < -0.39 is 0 Å². The second-order valence-corrected chi connectivity index (χ2v) is 6.31. The molecule has 1 aromatic rings. The Kier molecular flexibility index (Phi) is 5.23. The van der Waals surface area contributed by atoms with E-state index in [0.29, 0.717) is 32.2 Å². The van der Waals surface area contributed by atoms with Gasteiger partial charge in [0.05, 0.1) is 0 Å². The van der Waals surface area contributed by atoms with Gasteiger partial charge in [-0.3, -0.25) is 0 Å². The maximum Gasteiger partial charge on any atom is 0.410 e. The minimum Gasteiger partial charge on any atom is -0.445 e. The molecule has 1 saturated heterocycles. The molecule has 6 heteroatoms. The van der Waals surface area contributed by atoms with Crippen LogP contribution in [0.5, 0.6) is 0 Å². The molecule has 0 bridgehead atoms. The summed E-state index contributed by atoms with van der Waals surface area (Å²) in [6, 6.07) is 10.2. The highest BCUT2D eigenvalue weighted by Crippen LogP contribution is 2.27. The molecular weight excluding hydrogens is 306 g/mol. The van der Waals surface area contributed by atoms with Gasteiger partial charge in [-0.1, -0.05) is 30.3 Å². The van der Waals surface area contributed by atoms with Crippen LogP contribution in [0.4, 0.5) is 9.59 Å². The molecule has 1 heterocycles. The lowest BCUT2D eigenvalue weighted by atomic mass is 10.2. The van der Waals surface area contributed by atoms with Crippen molar-refractivity contribution in [2.75, 3.05) is 32.7 Å². The summed E-state index contributed by atoms with van der Waals surface area (Å²) in [6.45, 7) is 5.26. The van der Waals surface area contributed by atoms with Crippen LogP contribution in [0.3, 0.4) is 0 Å². The molecule has 3 amide bonds. The molecule has 0 aromatic heterocycles. The SMILES string of the molecule is CCN(C(=O)N1CCN(C(=O)OCc2ccccc2)CC1)C1CC1. The topological polar surface area (TPSA) is 53.1 Å². The fraction of sp³-hybridized carbons (Fsp3) is 0.556. The number of piperazine rings is 1. The molecule has 1 saturated carbocycles. The van der Waals surface area contributed by atoms with Gasteiger partial charge in [0.15, 0.2) is 0 Å². The van der Waals surface area contributed by atoms with Crippen LogP contribution in [0.1, 0.15) is 25.3 Å². The summed E-state index contributed by atoms with van der Waals surface area (Å²) in [4.78, 5) is 30.1. The minimum atomic E-state index is -0.305. The Morgan fingerprint density at radius 3 is 2.29 bits per heavy atom. The van der Waals surface area contributed by atoms with E-state index in [0.717, 1.165) is 24.9 Å². The van der Waals surface area contributed by atoms with Crippen LogP contribution >= 0.6 is 0 Å². The van der Waals surface area contributed by atoms with Crippen molar-refractivity contribution in [2.24, 2.45) is 0 Å². The molecule has 6 nitrogen and oxygen atoms in total. The predicted octanol–water partition coefficient (Wildman–Crippen LogP) is 2.55. The second-order valence-electron chi connectivity index (χ2n) is 6.31. The monoisotopic (exact) mass is 331 g/mol. The summed E-state index contributed by atoms with van der Waals surface area (Å²) in [5.41, 5.74) is 0.975. The first-order valence-corrected chi connectivity index (χ1v) is 8.70. The van der Waals surface area contributed by atoms with Crippen molar-refractivity contribution in [3.63, 3.8) is 0 Å². The molecule has 0 N–H and O–H groups in total. The highest BCUT2D eigenvalue weighted by molar-refractivity contribution is 5.76. The fourth-order valence-electron chi connectivity index (χ4n) is 3.01. The van der Waals surface area contributed by atoms with Gasteiger partial charge in [0.1, 0.15) is 6.61 Å². The first-order chi connectivity index (χ1) is 11.7.